The predicted molar refractivity (Wildman–Crippen MR) is 41.5 cm³/mol. The van der Waals surface area contributed by atoms with Crippen molar-refractivity contribution in [3.8, 4) is 0 Å². The molecule has 2 nitrogen and oxygen atoms in total. The summed E-state index contributed by atoms with van der Waals surface area (Å²) in [5.41, 5.74) is -0.220. The Kier molecular flexibility index (Phi) is 4.65. The molecule has 1 atom stereocenters. The Hall–Kier alpha value is -0.0800. The molecule has 0 aliphatic carbocycles. The van der Waals surface area contributed by atoms with Crippen LogP contribution in [0.15, 0.2) is 0 Å². The Morgan fingerprint density at radius 1 is 1.40 bits per heavy atom. The molecular weight excluding hydrogens is 128 g/mol. The minimum atomic E-state index is -0.220. The molecule has 0 heterocycles. The van der Waals surface area contributed by atoms with Gasteiger partial charge in [0.2, 0.25) is 0 Å². The molecule has 1 unspecified atom stereocenters. The Labute approximate surface area is 62.9 Å². The van der Waals surface area contributed by atoms with Crippen LogP contribution in [0.2, 0.25) is 0 Å². The maximum absolute atomic E-state index is 8.87. The molecular formula is C8H17O2. The molecule has 1 radical (unpaired) electrons. The molecule has 0 aromatic carbocycles. The first kappa shape index (κ1) is 9.92. The first-order valence-corrected chi connectivity index (χ1v) is 3.75. The van der Waals surface area contributed by atoms with Crippen LogP contribution >= 0.6 is 0 Å². The second-order valence-corrected chi connectivity index (χ2v) is 2.84. The predicted octanol–water partition coefficient (Wildman–Crippen LogP) is 0.982. The van der Waals surface area contributed by atoms with E-state index in [0.717, 1.165) is 19.3 Å². The van der Waals surface area contributed by atoms with Crippen molar-refractivity contribution < 1.29 is 10.2 Å². The van der Waals surface area contributed by atoms with E-state index in [-0.39, 0.29) is 18.6 Å². The molecule has 0 rings (SSSR count). The first-order chi connectivity index (χ1) is 4.68. The van der Waals surface area contributed by atoms with E-state index in [0.29, 0.717) is 0 Å². The van der Waals surface area contributed by atoms with Crippen molar-refractivity contribution in [1.29, 1.82) is 0 Å². The molecule has 0 bridgehead atoms. The number of hydrogen-bond acceptors (Lipinski definition) is 2. The molecule has 0 spiro atoms. The van der Waals surface area contributed by atoms with Gasteiger partial charge in [0.25, 0.3) is 0 Å². The van der Waals surface area contributed by atoms with E-state index in [9.17, 15) is 0 Å². The van der Waals surface area contributed by atoms with E-state index in [1.165, 1.54) is 0 Å². The lowest BCUT2D eigenvalue weighted by Gasteiger charge is -2.24. The van der Waals surface area contributed by atoms with Gasteiger partial charge >= 0.3 is 0 Å². The molecule has 2 heteroatoms. The van der Waals surface area contributed by atoms with Gasteiger partial charge in [0.05, 0.1) is 0 Å². The molecule has 0 saturated heterocycles. The van der Waals surface area contributed by atoms with Gasteiger partial charge in [-0.25, -0.2) is 0 Å². The zero-order chi connectivity index (χ0) is 8.04. The molecule has 0 aromatic rings. The molecule has 0 aromatic heterocycles. The highest BCUT2D eigenvalue weighted by atomic mass is 16.3. The molecule has 0 fully saturated rings. The number of rotatable bonds is 5. The summed E-state index contributed by atoms with van der Waals surface area (Å²) in [6, 6.07) is 0. The number of aliphatic hydroxyl groups is 2. The van der Waals surface area contributed by atoms with Crippen molar-refractivity contribution in [1.82, 2.24) is 0 Å². The highest BCUT2D eigenvalue weighted by Crippen LogP contribution is 2.25. The van der Waals surface area contributed by atoms with Crippen molar-refractivity contribution in [2.24, 2.45) is 5.41 Å². The Morgan fingerprint density at radius 2 is 2.00 bits per heavy atom. The fraction of sp³-hybridized carbons (Fsp3) is 0.875. The summed E-state index contributed by atoms with van der Waals surface area (Å²) in [7, 11) is 0. The standard InChI is InChI=1S/C8H17O2/c1-3-8(2,7-10)5-4-6-9/h9-10H,2-7H2,1H3. The average molecular weight is 145 g/mol. The quantitative estimate of drug-likeness (QED) is 0.605. The highest BCUT2D eigenvalue weighted by molar-refractivity contribution is 4.78. The molecule has 61 valence electrons. The molecule has 0 aliphatic heterocycles. The van der Waals surface area contributed by atoms with Gasteiger partial charge < -0.3 is 10.2 Å². The lowest BCUT2D eigenvalue weighted by Crippen LogP contribution is -2.20. The summed E-state index contributed by atoms with van der Waals surface area (Å²) >= 11 is 0. The Bertz CT molecular complexity index is 77.3. The third-order valence-corrected chi connectivity index (χ3v) is 1.95. The largest absolute Gasteiger partial charge is 0.396 e. The van der Waals surface area contributed by atoms with Crippen molar-refractivity contribution >= 4 is 0 Å². The number of hydrogen-bond donors (Lipinski definition) is 2. The minimum absolute atomic E-state index is 0.115. The zero-order valence-electron chi connectivity index (χ0n) is 6.64. The van der Waals surface area contributed by atoms with E-state index in [4.69, 9.17) is 10.2 Å². The lowest BCUT2D eigenvalue weighted by atomic mass is 9.84. The molecule has 0 amide bonds. The third kappa shape index (κ3) is 3.18. The van der Waals surface area contributed by atoms with Gasteiger partial charge in [0, 0.05) is 13.2 Å². The molecule has 0 saturated carbocycles. The van der Waals surface area contributed by atoms with Gasteiger partial charge in [0.15, 0.2) is 0 Å². The van der Waals surface area contributed by atoms with E-state index in [1.54, 1.807) is 0 Å². The SMILES string of the molecule is [CH2]C(CC)(CO)CCCO. The third-order valence-electron chi connectivity index (χ3n) is 1.95. The lowest BCUT2D eigenvalue weighted by molar-refractivity contribution is 0.140. The maximum atomic E-state index is 8.87. The van der Waals surface area contributed by atoms with Crippen LogP contribution in [0, 0.1) is 12.3 Å². The van der Waals surface area contributed by atoms with Gasteiger partial charge in [-0.15, -0.1) is 0 Å². The molecule has 10 heavy (non-hydrogen) atoms. The van der Waals surface area contributed by atoms with Gasteiger partial charge in [0.1, 0.15) is 0 Å². The van der Waals surface area contributed by atoms with Crippen LogP contribution in [0.25, 0.3) is 0 Å². The van der Waals surface area contributed by atoms with Crippen LogP contribution in [-0.2, 0) is 0 Å². The Morgan fingerprint density at radius 3 is 2.30 bits per heavy atom. The van der Waals surface area contributed by atoms with Crippen molar-refractivity contribution in [2.45, 2.75) is 26.2 Å². The van der Waals surface area contributed by atoms with Crippen LogP contribution < -0.4 is 0 Å². The number of aliphatic hydroxyl groups excluding tert-OH is 2. The van der Waals surface area contributed by atoms with Crippen molar-refractivity contribution in [3.05, 3.63) is 6.92 Å². The van der Waals surface area contributed by atoms with Gasteiger partial charge in [-0.2, -0.15) is 0 Å². The smallest absolute Gasteiger partial charge is 0.0487 e. The van der Waals surface area contributed by atoms with Crippen LogP contribution in [0.3, 0.4) is 0 Å². The fourth-order valence-electron chi connectivity index (χ4n) is 0.822. The maximum Gasteiger partial charge on any atom is 0.0487 e. The van der Waals surface area contributed by atoms with Gasteiger partial charge in [-0.1, -0.05) is 6.92 Å². The van der Waals surface area contributed by atoms with E-state index < -0.39 is 0 Å². The highest BCUT2D eigenvalue weighted by Gasteiger charge is 2.19. The fourth-order valence-corrected chi connectivity index (χ4v) is 0.822. The zero-order valence-corrected chi connectivity index (χ0v) is 6.64. The van der Waals surface area contributed by atoms with Gasteiger partial charge in [-0.05, 0) is 31.6 Å². The first-order valence-electron chi connectivity index (χ1n) is 3.75. The normalized spacial score (nSPS) is 16.8. The minimum Gasteiger partial charge on any atom is -0.396 e. The Balaban J connectivity index is 3.58. The topological polar surface area (TPSA) is 40.5 Å². The summed E-state index contributed by atoms with van der Waals surface area (Å²) in [6.45, 7) is 6.19. The second kappa shape index (κ2) is 4.69. The summed E-state index contributed by atoms with van der Waals surface area (Å²) in [5.74, 6) is 0. The summed E-state index contributed by atoms with van der Waals surface area (Å²) in [6.07, 6.45) is 2.40. The van der Waals surface area contributed by atoms with E-state index in [1.807, 2.05) is 6.92 Å². The molecule has 0 aliphatic rings. The van der Waals surface area contributed by atoms with Gasteiger partial charge in [-0.3, -0.25) is 0 Å². The van der Waals surface area contributed by atoms with Crippen molar-refractivity contribution in [2.75, 3.05) is 13.2 Å². The van der Waals surface area contributed by atoms with Crippen LogP contribution in [-0.4, -0.2) is 23.4 Å². The second-order valence-electron chi connectivity index (χ2n) is 2.84. The van der Waals surface area contributed by atoms with Crippen LogP contribution in [0.5, 0.6) is 0 Å². The van der Waals surface area contributed by atoms with Crippen LogP contribution in [0.1, 0.15) is 26.2 Å². The molecule has 2 N–H and O–H groups in total. The van der Waals surface area contributed by atoms with Crippen molar-refractivity contribution in [3.63, 3.8) is 0 Å². The average Bonchev–Trinajstić information content (AvgIpc) is 2.00. The monoisotopic (exact) mass is 145 g/mol. The summed E-state index contributed by atoms with van der Waals surface area (Å²) in [4.78, 5) is 0. The van der Waals surface area contributed by atoms with E-state index in [2.05, 4.69) is 6.92 Å². The van der Waals surface area contributed by atoms with Crippen LogP contribution in [0.4, 0.5) is 0 Å². The van der Waals surface area contributed by atoms with E-state index >= 15 is 0 Å². The summed E-state index contributed by atoms with van der Waals surface area (Å²) < 4.78 is 0. The summed E-state index contributed by atoms with van der Waals surface area (Å²) in [5, 5.41) is 17.4.